The van der Waals surface area contributed by atoms with E-state index in [2.05, 4.69) is 4.99 Å². The molecule has 0 fully saturated rings. The standard InChI is InChI=1S/C6H8F2N2/c1-4(9)6(8)3-10-5(2)7/h3,9H,1-2H3/b6-3+,9-4?,10-5?. The topological polar surface area (TPSA) is 36.2 Å². The molecular weight excluding hydrogens is 138 g/mol. The van der Waals surface area contributed by atoms with Crippen LogP contribution in [0.5, 0.6) is 0 Å². The summed E-state index contributed by atoms with van der Waals surface area (Å²) in [5, 5.41) is 6.71. The molecule has 0 rings (SSSR count). The summed E-state index contributed by atoms with van der Waals surface area (Å²) in [6, 6.07) is 0. The molecule has 0 aromatic carbocycles. The van der Waals surface area contributed by atoms with Crippen LogP contribution >= 0.6 is 0 Å². The lowest BCUT2D eigenvalue weighted by Gasteiger charge is -1.86. The van der Waals surface area contributed by atoms with Crippen LogP contribution in [0.25, 0.3) is 0 Å². The van der Waals surface area contributed by atoms with Gasteiger partial charge in [0.1, 0.15) is 0 Å². The number of hydrogen-bond donors (Lipinski definition) is 1. The molecule has 0 radical (unpaired) electrons. The Morgan fingerprint density at radius 2 is 1.90 bits per heavy atom. The summed E-state index contributed by atoms with van der Waals surface area (Å²) < 4.78 is 24.0. The van der Waals surface area contributed by atoms with Crippen LogP contribution in [0.15, 0.2) is 17.0 Å². The van der Waals surface area contributed by atoms with Crippen LogP contribution in [-0.4, -0.2) is 11.7 Å². The summed E-state index contributed by atoms with van der Waals surface area (Å²) >= 11 is 0. The van der Waals surface area contributed by atoms with Gasteiger partial charge in [0.25, 0.3) is 0 Å². The van der Waals surface area contributed by atoms with Gasteiger partial charge < -0.3 is 5.41 Å². The summed E-state index contributed by atoms with van der Waals surface area (Å²) in [6.07, 6.45) is 0.678. The molecule has 0 spiro atoms. The lowest BCUT2D eigenvalue weighted by atomic mass is 10.4. The summed E-state index contributed by atoms with van der Waals surface area (Å²) in [6.45, 7) is 2.36. The van der Waals surface area contributed by atoms with Crippen LogP contribution in [0.2, 0.25) is 0 Å². The molecule has 0 aliphatic heterocycles. The van der Waals surface area contributed by atoms with Crippen molar-refractivity contribution >= 4 is 11.7 Å². The van der Waals surface area contributed by atoms with Crippen molar-refractivity contribution in [2.75, 3.05) is 0 Å². The quantitative estimate of drug-likeness (QED) is 0.580. The molecule has 0 saturated heterocycles. The molecule has 0 aromatic heterocycles. The van der Waals surface area contributed by atoms with Crippen molar-refractivity contribution in [3.05, 3.63) is 12.0 Å². The number of rotatable bonds is 2. The number of allylic oxidation sites excluding steroid dienone is 1. The first-order valence-corrected chi connectivity index (χ1v) is 2.65. The molecule has 0 atom stereocenters. The Hall–Kier alpha value is -1.06. The van der Waals surface area contributed by atoms with Gasteiger partial charge in [-0.1, -0.05) is 0 Å². The molecule has 56 valence electrons. The summed E-state index contributed by atoms with van der Waals surface area (Å²) in [5.41, 5.74) is -0.259. The minimum Gasteiger partial charge on any atom is -0.303 e. The molecule has 0 heterocycles. The number of nitrogens with zero attached hydrogens (tertiary/aromatic N) is 1. The second kappa shape index (κ2) is 3.87. The average Bonchev–Trinajstić information content (AvgIpc) is 1.82. The van der Waals surface area contributed by atoms with Gasteiger partial charge in [-0.05, 0) is 6.92 Å². The third-order valence-corrected chi connectivity index (χ3v) is 0.714. The largest absolute Gasteiger partial charge is 0.303 e. The fourth-order valence-electron chi connectivity index (χ4n) is 0.242. The van der Waals surface area contributed by atoms with Crippen molar-refractivity contribution in [2.45, 2.75) is 13.8 Å². The van der Waals surface area contributed by atoms with Gasteiger partial charge in [-0.25, -0.2) is 9.38 Å². The zero-order chi connectivity index (χ0) is 8.15. The molecule has 10 heavy (non-hydrogen) atoms. The number of aliphatic imine (C=N–C) groups is 1. The maximum Gasteiger partial charge on any atom is 0.185 e. The van der Waals surface area contributed by atoms with Crippen LogP contribution in [0.3, 0.4) is 0 Å². The van der Waals surface area contributed by atoms with Gasteiger partial charge in [0.15, 0.2) is 11.8 Å². The highest BCUT2D eigenvalue weighted by Gasteiger charge is 1.94. The Morgan fingerprint density at radius 3 is 2.20 bits per heavy atom. The second-order valence-corrected chi connectivity index (χ2v) is 1.73. The van der Waals surface area contributed by atoms with Crippen LogP contribution in [0.1, 0.15) is 13.8 Å². The minimum absolute atomic E-state index is 0.259. The van der Waals surface area contributed by atoms with Gasteiger partial charge in [-0.15, -0.1) is 0 Å². The van der Waals surface area contributed by atoms with Gasteiger partial charge in [0.2, 0.25) is 0 Å². The van der Waals surface area contributed by atoms with Crippen molar-refractivity contribution in [1.29, 1.82) is 5.41 Å². The van der Waals surface area contributed by atoms with E-state index in [1.165, 1.54) is 6.92 Å². The molecule has 4 heteroatoms. The number of nitrogens with one attached hydrogen (secondary N) is 1. The summed E-state index contributed by atoms with van der Waals surface area (Å²) in [4.78, 5) is 3.02. The predicted molar refractivity (Wildman–Crippen MR) is 36.8 cm³/mol. The van der Waals surface area contributed by atoms with Crippen molar-refractivity contribution < 1.29 is 8.78 Å². The normalized spacial score (nSPS) is 13.6. The molecule has 0 bridgehead atoms. The number of hydrogen-bond acceptors (Lipinski definition) is 2. The lowest BCUT2D eigenvalue weighted by Crippen LogP contribution is -1.87. The first kappa shape index (κ1) is 8.94. The van der Waals surface area contributed by atoms with Gasteiger partial charge in [0, 0.05) is 6.92 Å². The van der Waals surface area contributed by atoms with Crippen molar-refractivity contribution in [3.63, 3.8) is 0 Å². The van der Waals surface area contributed by atoms with Gasteiger partial charge >= 0.3 is 0 Å². The Bertz CT molecular complexity index is 190. The monoisotopic (exact) mass is 146 g/mol. The van der Waals surface area contributed by atoms with Crippen molar-refractivity contribution in [3.8, 4) is 0 Å². The molecular formula is C6H8F2N2. The van der Waals surface area contributed by atoms with Crippen LogP contribution in [0.4, 0.5) is 8.78 Å². The molecule has 0 aromatic rings. The van der Waals surface area contributed by atoms with E-state index >= 15 is 0 Å². The second-order valence-electron chi connectivity index (χ2n) is 1.73. The highest BCUT2D eigenvalue weighted by molar-refractivity contribution is 5.93. The Morgan fingerprint density at radius 1 is 1.40 bits per heavy atom. The van der Waals surface area contributed by atoms with E-state index in [1.54, 1.807) is 0 Å². The third-order valence-electron chi connectivity index (χ3n) is 0.714. The van der Waals surface area contributed by atoms with Crippen LogP contribution < -0.4 is 0 Å². The smallest absolute Gasteiger partial charge is 0.185 e. The van der Waals surface area contributed by atoms with Crippen molar-refractivity contribution in [2.24, 2.45) is 4.99 Å². The SMILES string of the molecule is CC(=N)/C(F)=C\N=C(C)F. The minimum atomic E-state index is -0.822. The average molecular weight is 146 g/mol. The van der Waals surface area contributed by atoms with Gasteiger partial charge in [-0.2, -0.15) is 4.39 Å². The van der Waals surface area contributed by atoms with E-state index in [-0.39, 0.29) is 5.71 Å². The highest BCUT2D eigenvalue weighted by atomic mass is 19.1. The van der Waals surface area contributed by atoms with Gasteiger partial charge in [0.05, 0.1) is 11.9 Å². The van der Waals surface area contributed by atoms with E-state index in [0.717, 1.165) is 6.92 Å². The molecule has 0 saturated carbocycles. The third kappa shape index (κ3) is 3.88. The molecule has 0 aliphatic carbocycles. The fraction of sp³-hybridized carbons (Fsp3) is 0.333. The zero-order valence-corrected chi connectivity index (χ0v) is 5.78. The Labute approximate surface area is 57.8 Å². The highest BCUT2D eigenvalue weighted by Crippen LogP contribution is 1.98. The molecule has 1 N–H and O–H groups in total. The zero-order valence-electron chi connectivity index (χ0n) is 5.78. The van der Waals surface area contributed by atoms with Crippen LogP contribution in [0, 0.1) is 5.41 Å². The van der Waals surface area contributed by atoms with Crippen LogP contribution in [-0.2, 0) is 0 Å². The van der Waals surface area contributed by atoms with E-state index in [0.29, 0.717) is 6.20 Å². The summed E-state index contributed by atoms with van der Waals surface area (Å²) in [7, 11) is 0. The molecule has 0 aliphatic rings. The first-order chi connectivity index (χ1) is 4.54. The molecule has 2 nitrogen and oxygen atoms in total. The molecule has 0 unspecified atom stereocenters. The maximum atomic E-state index is 12.2. The Kier molecular flexibility index (Phi) is 3.46. The van der Waals surface area contributed by atoms with Crippen molar-refractivity contribution in [1.82, 2.24) is 0 Å². The van der Waals surface area contributed by atoms with Gasteiger partial charge in [-0.3, -0.25) is 0 Å². The fourth-order valence-corrected chi connectivity index (χ4v) is 0.242. The first-order valence-electron chi connectivity index (χ1n) is 2.65. The van der Waals surface area contributed by atoms with E-state index in [9.17, 15) is 8.78 Å². The number of halogens is 2. The van der Waals surface area contributed by atoms with E-state index in [4.69, 9.17) is 5.41 Å². The maximum absolute atomic E-state index is 12.2. The lowest BCUT2D eigenvalue weighted by molar-refractivity contribution is 0.674. The summed E-state index contributed by atoms with van der Waals surface area (Å²) in [5.74, 6) is -1.55. The van der Waals surface area contributed by atoms with E-state index in [1.807, 2.05) is 0 Å². The Balaban J connectivity index is 4.19. The van der Waals surface area contributed by atoms with E-state index < -0.39 is 11.8 Å². The predicted octanol–water partition coefficient (Wildman–Crippen LogP) is 2.22. The molecule has 0 amide bonds.